The second-order valence-corrected chi connectivity index (χ2v) is 12.4. The standard InChI is InChI=1S/C33H42F2N8/c1-5-41-12-10-26(11-13-41)42-14-8-23(9-15-42)16-24-6-7-30(36-19-24)39-33-37-20-28(35)31(40-33)25-17-27(34)32-29(18-25)43(21(2)3)22(4)38-32/h6-7,17-21,23,26H,5,8-16H2,1-4H3,(H,36,37,39,40). The molecule has 0 saturated carbocycles. The third kappa shape index (κ3) is 6.40. The lowest BCUT2D eigenvalue weighted by molar-refractivity contribution is 0.0795. The quantitative estimate of drug-likeness (QED) is 0.251. The maximum atomic E-state index is 15.0. The van der Waals surface area contributed by atoms with Gasteiger partial charge in [0.15, 0.2) is 11.6 Å². The first-order valence-corrected chi connectivity index (χ1v) is 15.7. The Hall–Kier alpha value is -3.50. The SMILES string of the molecule is CCN1CCC(N2CCC(Cc3ccc(Nc4ncc(F)c(-c5cc(F)c6nc(C)n(C(C)C)c6c5)n4)nc3)CC2)CC1. The highest BCUT2D eigenvalue weighted by molar-refractivity contribution is 5.83. The van der Waals surface area contributed by atoms with E-state index < -0.39 is 11.6 Å². The number of aromatic nitrogens is 5. The van der Waals surface area contributed by atoms with Crippen LogP contribution in [-0.2, 0) is 6.42 Å². The van der Waals surface area contributed by atoms with Crippen LogP contribution in [0.1, 0.15) is 63.9 Å². The predicted molar refractivity (Wildman–Crippen MR) is 166 cm³/mol. The summed E-state index contributed by atoms with van der Waals surface area (Å²) in [5, 5.41) is 3.09. The number of fused-ring (bicyclic) bond motifs is 1. The number of nitrogens with zero attached hydrogens (tertiary/aromatic N) is 7. The van der Waals surface area contributed by atoms with Crippen molar-refractivity contribution in [2.24, 2.45) is 5.92 Å². The van der Waals surface area contributed by atoms with Gasteiger partial charge in [-0.15, -0.1) is 0 Å². The van der Waals surface area contributed by atoms with Gasteiger partial charge < -0.3 is 19.7 Å². The number of hydrogen-bond donors (Lipinski definition) is 1. The predicted octanol–water partition coefficient (Wildman–Crippen LogP) is 6.54. The Morgan fingerprint density at radius 2 is 1.70 bits per heavy atom. The molecule has 2 fully saturated rings. The van der Waals surface area contributed by atoms with Crippen molar-refractivity contribution < 1.29 is 8.78 Å². The largest absolute Gasteiger partial charge is 0.326 e. The maximum Gasteiger partial charge on any atom is 0.229 e. The van der Waals surface area contributed by atoms with Crippen molar-refractivity contribution in [3.8, 4) is 11.3 Å². The van der Waals surface area contributed by atoms with Crippen LogP contribution in [0.15, 0.2) is 36.7 Å². The zero-order valence-corrected chi connectivity index (χ0v) is 25.7. The normalized spacial score (nSPS) is 17.7. The van der Waals surface area contributed by atoms with Gasteiger partial charge in [0.05, 0.1) is 11.7 Å². The van der Waals surface area contributed by atoms with Crippen LogP contribution in [0, 0.1) is 24.5 Å². The summed E-state index contributed by atoms with van der Waals surface area (Å²) in [5.41, 5.74) is 2.43. The molecule has 0 atom stereocenters. The summed E-state index contributed by atoms with van der Waals surface area (Å²) in [6.07, 6.45) is 9.07. The molecule has 0 spiro atoms. The first-order chi connectivity index (χ1) is 20.8. The van der Waals surface area contributed by atoms with Crippen LogP contribution in [0.2, 0.25) is 0 Å². The lowest BCUT2D eigenvalue weighted by Gasteiger charge is -2.41. The van der Waals surface area contributed by atoms with Gasteiger partial charge >= 0.3 is 0 Å². The molecule has 0 amide bonds. The third-order valence-electron chi connectivity index (χ3n) is 9.22. The van der Waals surface area contributed by atoms with Gasteiger partial charge in [-0.2, -0.15) is 0 Å². The topological polar surface area (TPSA) is 75.0 Å². The highest BCUT2D eigenvalue weighted by Crippen LogP contribution is 2.31. The van der Waals surface area contributed by atoms with Crippen LogP contribution >= 0.6 is 0 Å². The van der Waals surface area contributed by atoms with E-state index in [9.17, 15) is 4.39 Å². The molecule has 2 aliphatic heterocycles. The molecule has 0 aliphatic carbocycles. The number of pyridine rings is 1. The van der Waals surface area contributed by atoms with E-state index in [1.807, 2.05) is 37.6 Å². The first-order valence-electron chi connectivity index (χ1n) is 15.7. The second-order valence-electron chi connectivity index (χ2n) is 12.4. The molecule has 2 saturated heterocycles. The van der Waals surface area contributed by atoms with Crippen LogP contribution < -0.4 is 5.32 Å². The Bertz CT molecular complexity index is 1550. The lowest BCUT2D eigenvalue weighted by atomic mass is 9.89. The molecule has 1 aromatic carbocycles. The number of hydrogen-bond acceptors (Lipinski definition) is 7. The van der Waals surface area contributed by atoms with Crippen LogP contribution in [-0.4, -0.2) is 73.1 Å². The molecule has 1 N–H and O–H groups in total. The molecular formula is C33H42F2N8. The molecule has 4 aromatic rings. The summed E-state index contributed by atoms with van der Waals surface area (Å²) >= 11 is 0. The van der Waals surface area contributed by atoms with Crippen LogP contribution in [0.25, 0.3) is 22.3 Å². The second kappa shape index (κ2) is 12.6. The summed E-state index contributed by atoms with van der Waals surface area (Å²) in [7, 11) is 0. The third-order valence-corrected chi connectivity index (χ3v) is 9.22. The zero-order valence-electron chi connectivity index (χ0n) is 25.7. The van der Waals surface area contributed by atoms with Crippen LogP contribution in [0.3, 0.4) is 0 Å². The number of anilines is 2. The van der Waals surface area contributed by atoms with Crippen molar-refractivity contribution >= 4 is 22.8 Å². The smallest absolute Gasteiger partial charge is 0.229 e. The number of benzene rings is 1. The van der Waals surface area contributed by atoms with Gasteiger partial charge in [0.25, 0.3) is 0 Å². The Kier molecular flexibility index (Phi) is 8.68. The van der Waals surface area contributed by atoms with Crippen molar-refractivity contribution in [3.05, 3.63) is 59.7 Å². The molecule has 6 rings (SSSR count). The number of likely N-dealkylation sites (tertiary alicyclic amines) is 2. The van der Waals surface area contributed by atoms with Gasteiger partial charge in [0, 0.05) is 23.8 Å². The van der Waals surface area contributed by atoms with E-state index in [1.54, 1.807) is 6.07 Å². The summed E-state index contributed by atoms with van der Waals surface area (Å²) in [6.45, 7) is 14.1. The van der Waals surface area contributed by atoms with Crippen molar-refractivity contribution in [2.75, 3.05) is 38.0 Å². The lowest BCUT2D eigenvalue weighted by Crippen LogP contribution is -2.47. The molecule has 10 heteroatoms. The monoisotopic (exact) mass is 588 g/mol. The highest BCUT2D eigenvalue weighted by atomic mass is 19.1. The van der Waals surface area contributed by atoms with E-state index in [1.165, 1.54) is 70.0 Å². The maximum absolute atomic E-state index is 15.0. The number of rotatable bonds is 8. The number of imidazole rings is 1. The molecule has 0 unspecified atom stereocenters. The van der Waals surface area contributed by atoms with E-state index >= 15 is 4.39 Å². The van der Waals surface area contributed by atoms with E-state index in [0.29, 0.717) is 28.6 Å². The molecule has 0 bridgehead atoms. The first kappa shape index (κ1) is 29.6. The molecule has 0 radical (unpaired) electrons. The molecule has 228 valence electrons. The number of halogens is 2. The number of piperidine rings is 2. The van der Waals surface area contributed by atoms with Crippen LogP contribution in [0.5, 0.6) is 0 Å². The molecule has 43 heavy (non-hydrogen) atoms. The van der Waals surface area contributed by atoms with Gasteiger partial charge in [-0.3, -0.25) is 0 Å². The molecular weight excluding hydrogens is 546 g/mol. The Balaban J connectivity index is 1.09. The van der Waals surface area contributed by atoms with Gasteiger partial charge in [-0.25, -0.2) is 28.7 Å². The van der Waals surface area contributed by atoms with Gasteiger partial charge in [0.2, 0.25) is 5.95 Å². The summed E-state index contributed by atoms with van der Waals surface area (Å²) in [6, 6.07) is 7.84. The Morgan fingerprint density at radius 1 is 0.930 bits per heavy atom. The van der Waals surface area contributed by atoms with E-state index in [0.717, 1.165) is 18.7 Å². The molecule has 5 heterocycles. The highest BCUT2D eigenvalue weighted by Gasteiger charge is 2.28. The summed E-state index contributed by atoms with van der Waals surface area (Å²) in [4.78, 5) is 22.7. The molecule has 8 nitrogen and oxygen atoms in total. The minimum absolute atomic E-state index is 0.0198. The number of nitrogens with one attached hydrogen (secondary N) is 1. The van der Waals surface area contributed by atoms with Crippen molar-refractivity contribution in [1.82, 2.24) is 34.3 Å². The van der Waals surface area contributed by atoms with Crippen molar-refractivity contribution in [3.63, 3.8) is 0 Å². The fraction of sp³-hybridized carbons (Fsp3) is 0.515. The van der Waals surface area contributed by atoms with Crippen LogP contribution in [0.4, 0.5) is 20.5 Å². The number of aryl methyl sites for hydroxylation is 1. The fourth-order valence-corrected chi connectivity index (χ4v) is 6.88. The van der Waals surface area contributed by atoms with E-state index in [2.05, 4.69) is 48.0 Å². The Morgan fingerprint density at radius 3 is 2.37 bits per heavy atom. The summed E-state index contributed by atoms with van der Waals surface area (Å²) in [5.74, 6) is 1.01. The minimum atomic E-state index is -0.627. The van der Waals surface area contributed by atoms with Gasteiger partial charge in [-0.1, -0.05) is 13.0 Å². The average molecular weight is 589 g/mol. The van der Waals surface area contributed by atoms with Crippen molar-refractivity contribution in [1.29, 1.82) is 0 Å². The van der Waals surface area contributed by atoms with E-state index in [-0.39, 0.29) is 23.2 Å². The minimum Gasteiger partial charge on any atom is -0.326 e. The molecule has 3 aromatic heterocycles. The zero-order chi connectivity index (χ0) is 30.1. The van der Waals surface area contributed by atoms with Gasteiger partial charge in [-0.05, 0) is 115 Å². The fourth-order valence-electron chi connectivity index (χ4n) is 6.88. The summed E-state index contributed by atoms with van der Waals surface area (Å²) < 4.78 is 31.9. The average Bonchev–Trinajstić information content (AvgIpc) is 3.36. The molecule has 2 aliphatic rings. The van der Waals surface area contributed by atoms with Gasteiger partial charge in [0.1, 0.15) is 22.9 Å². The van der Waals surface area contributed by atoms with E-state index in [4.69, 9.17) is 0 Å². The van der Waals surface area contributed by atoms with Crippen molar-refractivity contribution in [2.45, 2.75) is 71.9 Å². The Labute approximate surface area is 252 Å².